The molecule has 6 aromatic carbocycles. The maximum Gasteiger partial charge on any atom is 0.408 e. The number of rotatable bonds is 8. The van der Waals surface area contributed by atoms with Crippen LogP contribution >= 0.6 is 11.3 Å². The average molecular weight is 1250 g/mol. The number of imidazole rings is 3. The number of aromatic nitrogens is 11. The molecule has 15 aromatic rings. The first-order valence-electron chi connectivity index (χ1n) is 30.7. The Kier molecular flexibility index (Phi) is 13.2. The summed E-state index contributed by atoms with van der Waals surface area (Å²) < 4.78 is 13.8. The zero-order valence-corrected chi connectivity index (χ0v) is 53.1. The molecule has 1 fully saturated rings. The lowest BCUT2D eigenvalue weighted by Crippen LogP contribution is -2.46. The van der Waals surface area contributed by atoms with Crippen molar-refractivity contribution >= 4 is 82.8 Å². The summed E-state index contributed by atoms with van der Waals surface area (Å²) in [4.78, 5) is 65.6. The van der Waals surface area contributed by atoms with Crippen molar-refractivity contribution in [3.63, 3.8) is 0 Å². The maximum absolute atomic E-state index is 15.1. The van der Waals surface area contributed by atoms with Crippen LogP contribution in [0.15, 0.2) is 184 Å². The summed E-state index contributed by atoms with van der Waals surface area (Å²) in [6.45, 7) is 7.56. The first kappa shape index (κ1) is 57.0. The third kappa shape index (κ3) is 8.85. The fourth-order valence-electron chi connectivity index (χ4n) is 13.9. The Hall–Kier alpha value is -12.2. The number of thiophene rings is 1. The molecule has 456 valence electrons. The highest BCUT2D eigenvalue weighted by Crippen LogP contribution is 2.40. The molecule has 16 rings (SSSR count). The summed E-state index contributed by atoms with van der Waals surface area (Å²) in [7, 11) is 7.27. The van der Waals surface area contributed by atoms with Crippen LogP contribution in [-0.2, 0) is 28.2 Å². The summed E-state index contributed by atoms with van der Waals surface area (Å²) in [5, 5.41) is 29.2. The molecule has 20 heteroatoms. The molecule has 2 N–H and O–H groups in total. The first-order valence-corrected chi connectivity index (χ1v) is 31.6. The predicted molar refractivity (Wildman–Crippen MR) is 370 cm³/mol. The number of nitrogens with one attached hydrogen (secondary N) is 2. The van der Waals surface area contributed by atoms with Crippen LogP contribution < -0.4 is 32.0 Å². The molecule has 1 aliphatic rings. The van der Waals surface area contributed by atoms with Crippen LogP contribution in [0, 0.1) is 49.5 Å². The minimum absolute atomic E-state index is 0.237. The molecule has 1 unspecified atom stereocenters. The van der Waals surface area contributed by atoms with E-state index in [2.05, 4.69) is 74.4 Å². The van der Waals surface area contributed by atoms with E-state index < -0.39 is 0 Å². The van der Waals surface area contributed by atoms with Gasteiger partial charge in [0, 0.05) is 93.3 Å². The smallest absolute Gasteiger partial charge is 0.367 e. The van der Waals surface area contributed by atoms with Gasteiger partial charge in [-0.25, -0.2) is 14.4 Å². The van der Waals surface area contributed by atoms with Crippen molar-refractivity contribution in [1.82, 2.24) is 52.2 Å². The van der Waals surface area contributed by atoms with Gasteiger partial charge in [-0.15, -0.1) is 11.3 Å². The van der Waals surface area contributed by atoms with Crippen molar-refractivity contribution in [1.29, 1.82) is 10.5 Å². The highest BCUT2D eigenvalue weighted by Gasteiger charge is 2.31. The van der Waals surface area contributed by atoms with Gasteiger partial charge in [-0.05, 0) is 168 Å². The fraction of sp³-hybridized carbons (Fsp3) is 0.149. The molecular formula is C74H58N16O3S+2. The van der Waals surface area contributed by atoms with E-state index in [1.807, 2.05) is 137 Å². The van der Waals surface area contributed by atoms with Gasteiger partial charge in [-0.1, -0.05) is 24.3 Å². The molecule has 10 heterocycles. The van der Waals surface area contributed by atoms with Crippen molar-refractivity contribution in [3.8, 4) is 68.2 Å². The van der Waals surface area contributed by atoms with Crippen molar-refractivity contribution in [2.75, 3.05) is 24.5 Å². The van der Waals surface area contributed by atoms with Crippen molar-refractivity contribution in [2.24, 2.45) is 28.2 Å². The van der Waals surface area contributed by atoms with Gasteiger partial charge in [-0.2, -0.15) is 10.5 Å². The second-order valence-electron chi connectivity index (χ2n) is 24.3. The Labute approximate surface area is 540 Å². The van der Waals surface area contributed by atoms with E-state index in [0.717, 1.165) is 88.1 Å². The van der Waals surface area contributed by atoms with Crippen molar-refractivity contribution in [2.45, 2.75) is 26.8 Å². The molecule has 0 saturated carbocycles. The van der Waals surface area contributed by atoms with E-state index in [-0.39, 0.29) is 23.1 Å². The molecule has 9 aromatic heterocycles. The SMILES string of the molecule is Cc1cc(N2CCNC(c3cc(-c4cccn4C)cc4c3ncc3c4n(-c4cc(C#[N+][n+]5cc6c(c7cc(-c8ccc[nH]8)ccc75)n(-c5cc(C#N)ccc5C)c(=O)n6C)ccc4C)c(=O)n3C)C2)c(C#N)cc1-n1c(=O)n(C)c2cnc3ccc(-c4cccs4)cc3c21. The Morgan fingerprint density at radius 1 is 0.617 bits per heavy atom. The Morgan fingerprint density at radius 3 is 1.98 bits per heavy atom. The molecule has 1 saturated heterocycles. The number of nitriles is 2. The summed E-state index contributed by atoms with van der Waals surface area (Å²) in [6.07, 6.45) is 9.23. The molecule has 0 amide bonds. The predicted octanol–water partition coefficient (Wildman–Crippen LogP) is 11.8. The van der Waals surface area contributed by atoms with E-state index in [1.165, 1.54) is 0 Å². The molecule has 94 heavy (non-hydrogen) atoms. The Bertz CT molecular complexity index is 6100. The van der Waals surface area contributed by atoms with Gasteiger partial charge in [0.05, 0.1) is 102 Å². The highest BCUT2D eigenvalue weighted by atomic mass is 32.1. The normalized spacial score (nSPS) is 13.4. The van der Waals surface area contributed by atoms with E-state index in [0.29, 0.717) is 92.0 Å². The van der Waals surface area contributed by atoms with Gasteiger partial charge in [0.2, 0.25) is 0 Å². The minimum atomic E-state index is -0.294. The minimum Gasteiger partial charge on any atom is -0.367 e. The first-order chi connectivity index (χ1) is 45.7. The fourth-order valence-corrected chi connectivity index (χ4v) is 14.6. The summed E-state index contributed by atoms with van der Waals surface area (Å²) in [5.41, 5.74) is 17.6. The zero-order valence-electron chi connectivity index (χ0n) is 52.3. The summed E-state index contributed by atoms with van der Waals surface area (Å²) in [5.74, 6) is 0. The monoisotopic (exact) mass is 1250 g/mol. The standard InChI is InChI=1S/C74H58N16O3S/c1-42-14-16-45(35-75)28-60(42)88-70-53-30-47(55-11-8-22-77-55)19-21-59(53)87(41-66(70)85(7)74(88)93)81-37-46-17-15-43(2)61(29-46)89-71-54-33-49(58-12-9-24-82(58)4)32-51(68(54)80-39-65(71)84(6)72(89)91)57-40-86(25-23-78-57)63-27-44(3)62(34-50(63)36-76)90-69-52-31-48(67-13-10-26-94-67)18-20-56(52)79-38-64(69)83(5)73(90)92/h8-22,24,26-34,38-39,41,57,77-78H,23,25,40H2,1-7H3/q+2. The van der Waals surface area contributed by atoms with Crippen LogP contribution in [0.5, 0.6) is 0 Å². The lowest BCUT2D eigenvalue weighted by molar-refractivity contribution is -0.580. The van der Waals surface area contributed by atoms with E-state index in [4.69, 9.17) is 14.9 Å². The number of hydrogen-bond acceptors (Lipinski definition) is 10. The van der Waals surface area contributed by atoms with Crippen LogP contribution in [0.2, 0.25) is 0 Å². The molecule has 1 aliphatic heterocycles. The quantitative estimate of drug-likeness (QED) is 0.139. The van der Waals surface area contributed by atoms with Crippen molar-refractivity contribution in [3.05, 3.63) is 245 Å². The van der Waals surface area contributed by atoms with Crippen LogP contribution in [0.1, 0.15) is 45.0 Å². The van der Waals surface area contributed by atoms with Gasteiger partial charge in [0.1, 0.15) is 17.1 Å². The summed E-state index contributed by atoms with van der Waals surface area (Å²) >= 11 is 1.65. The lowest BCUT2D eigenvalue weighted by Gasteiger charge is -2.36. The molecule has 0 spiro atoms. The second kappa shape index (κ2) is 21.8. The number of H-pyrrole nitrogens is 1. The van der Waals surface area contributed by atoms with Crippen LogP contribution in [0.25, 0.3) is 121 Å². The van der Waals surface area contributed by atoms with E-state index >= 15 is 4.79 Å². The number of fused-ring (bicyclic) bond motifs is 9. The molecule has 0 bridgehead atoms. The second-order valence-corrected chi connectivity index (χ2v) is 25.2. The molecule has 0 radical (unpaired) electrons. The number of aromatic amines is 1. The van der Waals surface area contributed by atoms with Crippen LogP contribution in [0.4, 0.5) is 5.69 Å². The number of benzene rings is 6. The van der Waals surface area contributed by atoms with Gasteiger partial charge in [0.15, 0.2) is 4.68 Å². The third-order valence-electron chi connectivity index (χ3n) is 18.8. The van der Waals surface area contributed by atoms with Gasteiger partial charge in [-0.3, -0.25) is 37.4 Å². The highest BCUT2D eigenvalue weighted by molar-refractivity contribution is 7.13. The molecule has 1 atom stereocenters. The maximum atomic E-state index is 15.1. The number of aryl methyl sites for hydroxylation is 7. The van der Waals surface area contributed by atoms with Crippen LogP contribution in [0.3, 0.4) is 0 Å². The largest absolute Gasteiger partial charge is 0.408 e. The van der Waals surface area contributed by atoms with Gasteiger partial charge < -0.3 is 19.8 Å². The number of piperazine rings is 1. The van der Waals surface area contributed by atoms with Crippen LogP contribution in [-0.4, -0.2) is 66.6 Å². The molecular weight excluding hydrogens is 1190 g/mol. The number of pyridine rings is 3. The van der Waals surface area contributed by atoms with Crippen molar-refractivity contribution < 1.29 is 4.68 Å². The number of nitrogens with zero attached hydrogens (tertiary/aromatic N) is 14. The number of hydrogen-bond donors (Lipinski definition) is 2. The Balaban J connectivity index is 0.809. The third-order valence-corrected chi connectivity index (χ3v) is 19.7. The molecule has 19 nitrogen and oxygen atoms in total. The average Bonchev–Trinajstić information content (AvgIpc) is 1.56. The van der Waals surface area contributed by atoms with E-state index in [9.17, 15) is 20.1 Å². The Morgan fingerprint density at radius 2 is 1.29 bits per heavy atom. The zero-order chi connectivity index (χ0) is 64.5. The number of anilines is 1. The lowest BCUT2D eigenvalue weighted by atomic mass is 9.95. The summed E-state index contributed by atoms with van der Waals surface area (Å²) in [6, 6.07) is 51.4. The topological polar surface area (TPSA) is 198 Å². The molecule has 0 aliphatic carbocycles. The van der Waals surface area contributed by atoms with Gasteiger partial charge >= 0.3 is 28.7 Å². The van der Waals surface area contributed by atoms with E-state index in [1.54, 1.807) is 89.1 Å². The van der Waals surface area contributed by atoms with Gasteiger partial charge in [0.25, 0.3) is 11.2 Å².